The van der Waals surface area contributed by atoms with Gasteiger partial charge in [0.1, 0.15) is 5.75 Å². The molecular weight excluding hydrogens is 254 g/mol. The van der Waals surface area contributed by atoms with E-state index in [1.54, 1.807) is 13.2 Å². The number of hydrogen-bond acceptors (Lipinski definition) is 3. The van der Waals surface area contributed by atoms with Crippen LogP contribution in [0.3, 0.4) is 0 Å². The molecule has 1 atom stereocenters. The zero-order valence-electron chi connectivity index (χ0n) is 12.6. The molecule has 0 heterocycles. The molecule has 0 aromatic heterocycles. The smallest absolute Gasteiger partial charge is 0.328 e. The van der Waals surface area contributed by atoms with Gasteiger partial charge in [0.15, 0.2) is 0 Å². The van der Waals surface area contributed by atoms with Gasteiger partial charge in [-0.3, -0.25) is 4.90 Å². The van der Waals surface area contributed by atoms with Crippen molar-refractivity contribution in [2.24, 2.45) is 0 Å². The monoisotopic (exact) mass is 277 g/mol. The number of ether oxygens (including phenoxy) is 1. The average molecular weight is 277 g/mol. The van der Waals surface area contributed by atoms with Crippen LogP contribution in [-0.2, 0) is 11.3 Å². The van der Waals surface area contributed by atoms with Crippen LogP contribution in [0.2, 0.25) is 0 Å². The van der Waals surface area contributed by atoms with Gasteiger partial charge in [0.05, 0.1) is 7.11 Å². The summed E-state index contributed by atoms with van der Waals surface area (Å²) >= 11 is 0. The van der Waals surface area contributed by atoms with E-state index in [2.05, 4.69) is 25.8 Å². The predicted molar refractivity (Wildman–Crippen MR) is 80.9 cm³/mol. The first-order valence-corrected chi connectivity index (χ1v) is 6.76. The summed E-state index contributed by atoms with van der Waals surface area (Å²) < 4.78 is 5.37. The van der Waals surface area contributed by atoms with Gasteiger partial charge in [-0.15, -0.1) is 0 Å². The van der Waals surface area contributed by atoms with Gasteiger partial charge < -0.3 is 9.84 Å². The Kier molecular flexibility index (Phi) is 6.25. The second kappa shape index (κ2) is 7.70. The zero-order valence-corrected chi connectivity index (χ0v) is 12.6. The first-order valence-electron chi connectivity index (χ1n) is 6.76. The lowest BCUT2D eigenvalue weighted by Crippen LogP contribution is -2.27. The van der Waals surface area contributed by atoms with Crippen molar-refractivity contribution in [2.45, 2.75) is 32.9 Å². The number of methoxy groups -OCH3 is 1. The molecule has 0 aliphatic rings. The van der Waals surface area contributed by atoms with Gasteiger partial charge in [-0.2, -0.15) is 0 Å². The highest BCUT2D eigenvalue weighted by molar-refractivity contribution is 5.85. The molecule has 1 aromatic carbocycles. The number of carboxylic acids is 1. The Morgan fingerprint density at radius 1 is 1.50 bits per heavy atom. The molecule has 1 rings (SSSR count). The maximum Gasteiger partial charge on any atom is 0.328 e. The molecule has 0 fully saturated rings. The fraction of sp³-hybridized carbons (Fsp3) is 0.438. The molecule has 0 saturated heterocycles. The standard InChI is InChI=1S/C16H23NO3/c1-5-12(2)17(3)11-14-10-13(7-9-16(18)19)6-8-15(14)20-4/h6-10,12H,5,11H2,1-4H3,(H,18,19). The molecule has 0 saturated carbocycles. The highest BCUT2D eigenvalue weighted by Gasteiger charge is 2.11. The Morgan fingerprint density at radius 2 is 2.20 bits per heavy atom. The summed E-state index contributed by atoms with van der Waals surface area (Å²) in [5.41, 5.74) is 1.92. The van der Waals surface area contributed by atoms with E-state index in [4.69, 9.17) is 9.84 Å². The van der Waals surface area contributed by atoms with Gasteiger partial charge in [0.2, 0.25) is 0 Å². The van der Waals surface area contributed by atoms with Crippen molar-refractivity contribution >= 4 is 12.0 Å². The van der Waals surface area contributed by atoms with Crippen LogP contribution >= 0.6 is 0 Å². The minimum atomic E-state index is -0.945. The number of carbonyl (C=O) groups is 1. The molecule has 1 aromatic rings. The lowest BCUT2D eigenvalue weighted by Gasteiger charge is -2.24. The number of benzene rings is 1. The van der Waals surface area contributed by atoms with Crippen molar-refractivity contribution < 1.29 is 14.6 Å². The van der Waals surface area contributed by atoms with Crippen LogP contribution in [0.1, 0.15) is 31.4 Å². The molecular formula is C16H23NO3. The molecule has 0 bridgehead atoms. The van der Waals surface area contributed by atoms with E-state index in [-0.39, 0.29) is 0 Å². The van der Waals surface area contributed by atoms with Gasteiger partial charge >= 0.3 is 5.97 Å². The Hall–Kier alpha value is -1.81. The van der Waals surface area contributed by atoms with Gasteiger partial charge in [-0.05, 0) is 44.2 Å². The van der Waals surface area contributed by atoms with E-state index in [1.807, 2.05) is 18.2 Å². The SMILES string of the molecule is CCC(C)N(C)Cc1cc(C=CC(=O)O)ccc1OC. The van der Waals surface area contributed by atoms with Crippen molar-refractivity contribution in [3.8, 4) is 5.75 Å². The number of rotatable bonds is 7. The van der Waals surface area contributed by atoms with E-state index < -0.39 is 5.97 Å². The first-order chi connectivity index (χ1) is 9.47. The lowest BCUT2D eigenvalue weighted by molar-refractivity contribution is -0.131. The molecule has 0 radical (unpaired) electrons. The quantitative estimate of drug-likeness (QED) is 0.778. The summed E-state index contributed by atoms with van der Waals surface area (Å²) in [5, 5.41) is 8.68. The maximum absolute atomic E-state index is 10.6. The Bertz CT molecular complexity index is 483. The van der Waals surface area contributed by atoms with Gasteiger partial charge in [0, 0.05) is 24.2 Å². The molecule has 20 heavy (non-hydrogen) atoms. The second-order valence-corrected chi connectivity index (χ2v) is 4.92. The van der Waals surface area contributed by atoms with Crippen molar-refractivity contribution in [1.29, 1.82) is 0 Å². The molecule has 4 heteroatoms. The molecule has 1 unspecified atom stereocenters. The summed E-state index contributed by atoms with van der Waals surface area (Å²) in [6.07, 6.45) is 3.82. The molecule has 4 nitrogen and oxygen atoms in total. The summed E-state index contributed by atoms with van der Waals surface area (Å²) in [5.74, 6) is -0.119. The second-order valence-electron chi connectivity index (χ2n) is 4.92. The highest BCUT2D eigenvalue weighted by Crippen LogP contribution is 2.23. The third kappa shape index (κ3) is 4.70. The predicted octanol–water partition coefficient (Wildman–Crippen LogP) is 3.02. The molecule has 0 amide bonds. The van der Waals surface area contributed by atoms with Crippen LogP contribution in [0.4, 0.5) is 0 Å². The third-order valence-corrected chi connectivity index (χ3v) is 3.49. The van der Waals surface area contributed by atoms with Crippen molar-refractivity contribution in [3.05, 3.63) is 35.4 Å². The summed E-state index contributed by atoms with van der Waals surface area (Å²) in [4.78, 5) is 12.8. The Morgan fingerprint density at radius 3 is 2.75 bits per heavy atom. The van der Waals surface area contributed by atoms with E-state index in [0.717, 1.165) is 35.9 Å². The van der Waals surface area contributed by atoms with E-state index in [1.165, 1.54) is 0 Å². The molecule has 110 valence electrons. The minimum absolute atomic E-state index is 0.484. The number of aliphatic carboxylic acids is 1. The Labute approximate surface area is 120 Å². The number of hydrogen-bond donors (Lipinski definition) is 1. The molecule has 0 spiro atoms. The van der Waals surface area contributed by atoms with Crippen LogP contribution in [-0.4, -0.2) is 36.2 Å². The number of carboxylic acid groups (broad SMARTS) is 1. The van der Waals surface area contributed by atoms with Crippen LogP contribution < -0.4 is 4.74 Å². The van der Waals surface area contributed by atoms with Gasteiger partial charge in [0.25, 0.3) is 0 Å². The normalized spacial score (nSPS) is 12.8. The highest BCUT2D eigenvalue weighted by atomic mass is 16.5. The van der Waals surface area contributed by atoms with E-state index in [0.29, 0.717) is 6.04 Å². The fourth-order valence-corrected chi connectivity index (χ4v) is 1.93. The summed E-state index contributed by atoms with van der Waals surface area (Å²) in [6, 6.07) is 6.18. The largest absolute Gasteiger partial charge is 0.496 e. The number of nitrogens with zero attached hydrogens (tertiary/aromatic N) is 1. The Balaban J connectivity index is 2.97. The molecule has 1 N–H and O–H groups in total. The topological polar surface area (TPSA) is 49.8 Å². The van der Waals surface area contributed by atoms with Crippen LogP contribution in [0.5, 0.6) is 5.75 Å². The van der Waals surface area contributed by atoms with E-state index >= 15 is 0 Å². The minimum Gasteiger partial charge on any atom is -0.496 e. The van der Waals surface area contributed by atoms with Crippen molar-refractivity contribution in [1.82, 2.24) is 4.90 Å². The van der Waals surface area contributed by atoms with Gasteiger partial charge in [-0.25, -0.2) is 4.79 Å². The van der Waals surface area contributed by atoms with E-state index in [9.17, 15) is 4.79 Å². The molecule has 0 aliphatic carbocycles. The lowest BCUT2D eigenvalue weighted by atomic mass is 10.1. The fourth-order valence-electron chi connectivity index (χ4n) is 1.93. The molecule has 0 aliphatic heterocycles. The summed E-state index contributed by atoms with van der Waals surface area (Å²) in [6.45, 7) is 5.11. The maximum atomic E-state index is 10.6. The van der Waals surface area contributed by atoms with Gasteiger partial charge in [-0.1, -0.05) is 13.0 Å². The van der Waals surface area contributed by atoms with Crippen LogP contribution in [0.25, 0.3) is 6.08 Å². The first kappa shape index (κ1) is 16.2. The van der Waals surface area contributed by atoms with Crippen molar-refractivity contribution in [3.63, 3.8) is 0 Å². The zero-order chi connectivity index (χ0) is 15.1. The summed E-state index contributed by atoms with van der Waals surface area (Å²) in [7, 11) is 3.72. The third-order valence-electron chi connectivity index (χ3n) is 3.49. The van der Waals surface area contributed by atoms with Crippen LogP contribution in [0, 0.1) is 0 Å². The average Bonchev–Trinajstić information content (AvgIpc) is 2.44. The van der Waals surface area contributed by atoms with Crippen LogP contribution in [0.15, 0.2) is 24.3 Å². The van der Waals surface area contributed by atoms with Crippen molar-refractivity contribution in [2.75, 3.05) is 14.2 Å².